The summed E-state index contributed by atoms with van der Waals surface area (Å²) in [5, 5.41) is 3.53. The molecule has 2 fully saturated rings. The number of unbranched alkanes of at least 4 members (excludes halogenated alkanes) is 3. The molecule has 2 aliphatic rings. The lowest BCUT2D eigenvalue weighted by atomic mass is 10.1. The lowest BCUT2D eigenvalue weighted by molar-refractivity contribution is 0.0193. The van der Waals surface area contributed by atoms with E-state index in [2.05, 4.69) is 26.0 Å². The van der Waals surface area contributed by atoms with E-state index in [0.29, 0.717) is 18.8 Å². The molecule has 0 atom stereocenters. The number of nitrogens with zero attached hydrogens (tertiary/aromatic N) is 1. The van der Waals surface area contributed by atoms with Gasteiger partial charge in [-0.15, -0.1) is 0 Å². The summed E-state index contributed by atoms with van der Waals surface area (Å²) in [6.07, 6.45) is 9.30. The summed E-state index contributed by atoms with van der Waals surface area (Å²) >= 11 is 3.35. The van der Waals surface area contributed by atoms with Crippen molar-refractivity contribution in [3.05, 3.63) is 28.7 Å². The van der Waals surface area contributed by atoms with Gasteiger partial charge in [0.05, 0.1) is 6.10 Å². The Balaban J connectivity index is 1.23. The van der Waals surface area contributed by atoms with E-state index in [9.17, 15) is 8.42 Å². The summed E-state index contributed by atoms with van der Waals surface area (Å²) in [5.41, 5.74) is 0.578. The fourth-order valence-corrected chi connectivity index (χ4v) is 5.07. The van der Waals surface area contributed by atoms with E-state index in [1.807, 2.05) is 12.1 Å². The predicted molar refractivity (Wildman–Crippen MR) is 121 cm³/mol. The predicted octanol–water partition coefficient (Wildman–Crippen LogP) is 4.15. The maximum atomic E-state index is 12.6. The van der Waals surface area contributed by atoms with Gasteiger partial charge in [0.25, 0.3) is 0 Å². The highest BCUT2D eigenvalue weighted by molar-refractivity contribution is 9.10. The zero-order valence-corrected chi connectivity index (χ0v) is 19.5. The SMILES string of the molecule is O=S(=O)(Nc1ccc(Br)cc1)N1CCC(OCCCCCCNCC2CC2)CC1. The molecule has 1 aliphatic heterocycles. The standard InChI is InChI=1S/C21H34BrN3O3S/c22-19-7-9-20(10-8-19)24-29(26,27)25-14-11-21(12-15-25)28-16-4-2-1-3-13-23-17-18-5-6-18/h7-10,18,21,23-24H,1-6,11-17H2. The highest BCUT2D eigenvalue weighted by Crippen LogP contribution is 2.27. The quantitative estimate of drug-likeness (QED) is 0.410. The molecule has 0 amide bonds. The van der Waals surface area contributed by atoms with E-state index in [-0.39, 0.29) is 6.10 Å². The third-order valence-electron chi connectivity index (χ3n) is 5.56. The van der Waals surface area contributed by atoms with Crippen LogP contribution in [0.15, 0.2) is 28.7 Å². The van der Waals surface area contributed by atoms with Gasteiger partial charge in [0.2, 0.25) is 0 Å². The normalized spacial score (nSPS) is 18.8. The summed E-state index contributed by atoms with van der Waals surface area (Å²) in [6.45, 7) is 4.13. The summed E-state index contributed by atoms with van der Waals surface area (Å²) < 4.78 is 36.2. The van der Waals surface area contributed by atoms with Crippen LogP contribution >= 0.6 is 15.9 Å². The van der Waals surface area contributed by atoms with Crippen molar-refractivity contribution in [2.75, 3.05) is 37.5 Å². The van der Waals surface area contributed by atoms with Crippen LogP contribution in [0.4, 0.5) is 5.69 Å². The van der Waals surface area contributed by atoms with Crippen LogP contribution in [0.2, 0.25) is 0 Å². The molecule has 164 valence electrons. The van der Waals surface area contributed by atoms with Gasteiger partial charge >= 0.3 is 10.2 Å². The Labute approximate surface area is 184 Å². The molecule has 1 aliphatic carbocycles. The molecule has 1 saturated carbocycles. The van der Waals surface area contributed by atoms with Gasteiger partial charge in [0, 0.05) is 29.9 Å². The Morgan fingerprint density at radius 1 is 1.00 bits per heavy atom. The van der Waals surface area contributed by atoms with Crippen LogP contribution in [-0.2, 0) is 14.9 Å². The first-order valence-electron chi connectivity index (χ1n) is 10.9. The second-order valence-corrected chi connectivity index (χ2v) is 10.7. The number of ether oxygens (including phenoxy) is 1. The van der Waals surface area contributed by atoms with Crippen LogP contribution in [0.5, 0.6) is 0 Å². The Morgan fingerprint density at radius 2 is 1.69 bits per heavy atom. The zero-order valence-electron chi connectivity index (χ0n) is 17.1. The van der Waals surface area contributed by atoms with E-state index in [4.69, 9.17) is 4.74 Å². The third kappa shape index (κ3) is 8.53. The zero-order chi connectivity index (χ0) is 20.5. The molecule has 3 rings (SSSR count). The molecule has 0 spiro atoms. The molecule has 29 heavy (non-hydrogen) atoms. The fourth-order valence-electron chi connectivity index (χ4n) is 3.55. The molecule has 1 aromatic carbocycles. The first-order chi connectivity index (χ1) is 14.0. The van der Waals surface area contributed by atoms with Crippen molar-refractivity contribution < 1.29 is 13.2 Å². The lowest BCUT2D eigenvalue weighted by Crippen LogP contribution is -2.43. The van der Waals surface area contributed by atoms with Crippen molar-refractivity contribution in [2.45, 2.75) is 57.5 Å². The van der Waals surface area contributed by atoms with Crippen LogP contribution in [0.1, 0.15) is 51.4 Å². The van der Waals surface area contributed by atoms with Crippen molar-refractivity contribution >= 4 is 31.8 Å². The molecule has 0 aromatic heterocycles. The topological polar surface area (TPSA) is 70.7 Å². The number of piperidine rings is 1. The first-order valence-corrected chi connectivity index (χ1v) is 13.1. The molecule has 6 nitrogen and oxygen atoms in total. The van der Waals surface area contributed by atoms with Crippen molar-refractivity contribution in [3.63, 3.8) is 0 Å². The minimum Gasteiger partial charge on any atom is -0.378 e. The summed E-state index contributed by atoms with van der Waals surface area (Å²) in [6, 6.07) is 7.15. The minimum absolute atomic E-state index is 0.175. The molecule has 0 unspecified atom stereocenters. The molecule has 1 heterocycles. The van der Waals surface area contributed by atoms with Crippen LogP contribution in [-0.4, -0.2) is 51.6 Å². The largest absolute Gasteiger partial charge is 0.378 e. The van der Waals surface area contributed by atoms with Gasteiger partial charge in [0.15, 0.2) is 0 Å². The number of benzene rings is 1. The highest BCUT2D eigenvalue weighted by atomic mass is 79.9. The Kier molecular flexibility index (Phi) is 9.24. The number of halogens is 1. The molecule has 2 N–H and O–H groups in total. The van der Waals surface area contributed by atoms with E-state index in [0.717, 1.165) is 42.8 Å². The van der Waals surface area contributed by atoms with E-state index < -0.39 is 10.2 Å². The van der Waals surface area contributed by atoms with Gasteiger partial charge in [0.1, 0.15) is 0 Å². The number of hydrogen-bond acceptors (Lipinski definition) is 4. The lowest BCUT2D eigenvalue weighted by Gasteiger charge is -2.31. The van der Waals surface area contributed by atoms with Crippen LogP contribution in [0, 0.1) is 5.92 Å². The first kappa shape index (κ1) is 23.0. The number of rotatable bonds is 13. The molecule has 1 saturated heterocycles. The van der Waals surface area contributed by atoms with Gasteiger partial charge < -0.3 is 10.1 Å². The number of hydrogen-bond donors (Lipinski definition) is 2. The maximum Gasteiger partial charge on any atom is 0.301 e. The van der Waals surface area contributed by atoms with Gasteiger partial charge in [-0.3, -0.25) is 4.72 Å². The minimum atomic E-state index is -3.51. The van der Waals surface area contributed by atoms with Crippen molar-refractivity contribution in [1.82, 2.24) is 9.62 Å². The average Bonchev–Trinajstić information content (AvgIpc) is 3.53. The smallest absolute Gasteiger partial charge is 0.301 e. The Bertz CT molecular complexity index is 702. The molecule has 8 heteroatoms. The van der Waals surface area contributed by atoms with Crippen LogP contribution in [0.3, 0.4) is 0 Å². The number of anilines is 1. The summed E-state index contributed by atoms with van der Waals surface area (Å²) in [7, 11) is -3.51. The molecule has 1 aromatic rings. The van der Waals surface area contributed by atoms with Gasteiger partial charge in [-0.1, -0.05) is 28.8 Å². The van der Waals surface area contributed by atoms with Gasteiger partial charge in [-0.2, -0.15) is 12.7 Å². The third-order valence-corrected chi connectivity index (χ3v) is 7.63. The maximum absolute atomic E-state index is 12.6. The molecule has 0 radical (unpaired) electrons. The van der Waals surface area contributed by atoms with Crippen molar-refractivity contribution in [3.8, 4) is 0 Å². The van der Waals surface area contributed by atoms with E-state index in [1.165, 1.54) is 43.0 Å². The van der Waals surface area contributed by atoms with E-state index >= 15 is 0 Å². The Hall–Kier alpha value is -0.670. The van der Waals surface area contributed by atoms with Gasteiger partial charge in [-0.05, 0) is 81.8 Å². The van der Waals surface area contributed by atoms with Crippen molar-refractivity contribution in [2.24, 2.45) is 5.92 Å². The van der Waals surface area contributed by atoms with Crippen molar-refractivity contribution in [1.29, 1.82) is 0 Å². The average molecular weight is 488 g/mol. The highest BCUT2D eigenvalue weighted by Gasteiger charge is 2.28. The van der Waals surface area contributed by atoms with Crippen LogP contribution in [0.25, 0.3) is 0 Å². The number of nitrogens with one attached hydrogen (secondary N) is 2. The fraction of sp³-hybridized carbons (Fsp3) is 0.714. The van der Waals surface area contributed by atoms with Gasteiger partial charge in [-0.25, -0.2) is 0 Å². The summed E-state index contributed by atoms with van der Waals surface area (Å²) in [4.78, 5) is 0. The summed E-state index contributed by atoms with van der Waals surface area (Å²) in [5.74, 6) is 0.960. The second kappa shape index (κ2) is 11.6. The molecule has 0 bridgehead atoms. The molecular formula is C21H34BrN3O3S. The van der Waals surface area contributed by atoms with Crippen LogP contribution < -0.4 is 10.0 Å². The second-order valence-electron chi connectivity index (χ2n) is 8.14. The molecular weight excluding hydrogens is 454 g/mol. The monoisotopic (exact) mass is 487 g/mol. The Morgan fingerprint density at radius 3 is 2.38 bits per heavy atom. The van der Waals surface area contributed by atoms with E-state index in [1.54, 1.807) is 12.1 Å².